The second-order valence-corrected chi connectivity index (χ2v) is 13.2. The molecule has 1 aliphatic carbocycles. The van der Waals surface area contributed by atoms with Crippen LogP contribution >= 0.6 is 0 Å². The summed E-state index contributed by atoms with van der Waals surface area (Å²) in [5.74, 6) is -1.62. The van der Waals surface area contributed by atoms with Crippen molar-refractivity contribution in [3.8, 4) is 11.1 Å². The highest BCUT2D eigenvalue weighted by Crippen LogP contribution is 2.52. The summed E-state index contributed by atoms with van der Waals surface area (Å²) in [6.07, 6.45) is 4.28. The molecule has 5 N–H and O–H groups in total. The van der Waals surface area contributed by atoms with Crippen LogP contribution in [0.3, 0.4) is 0 Å². The summed E-state index contributed by atoms with van der Waals surface area (Å²) in [7, 11) is 0. The zero-order valence-electron chi connectivity index (χ0n) is 26.6. The van der Waals surface area contributed by atoms with Crippen LogP contribution in [0.25, 0.3) is 11.1 Å². The topological polar surface area (TPSA) is 128 Å². The quantitative estimate of drug-likeness (QED) is 0.182. The van der Waals surface area contributed by atoms with Crippen molar-refractivity contribution in [1.29, 1.82) is 0 Å². The molecule has 4 rings (SSSR count). The van der Waals surface area contributed by atoms with Crippen LogP contribution in [0.2, 0.25) is 0 Å². The number of nitrogens with one attached hydrogen (secondary N) is 3. The van der Waals surface area contributed by atoms with E-state index in [1.165, 1.54) is 0 Å². The van der Waals surface area contributed by atoms with E-state index < -0.39 is 29.4 Å². The predicted octanol–water partition coefficient (Wildman–Crippen LogP) is 7.59. The van der Waals surface area contributed by atoms with Crippen LogP contribution in [0.1, 0.15) is 85.5 Å². The number of carbonyl (C=O) groups excluding carboxylic acids is 2. The van der Waals surface area contributed by atoms with E-state index in [1.54, 1.807) is 18.2 Å². The van der Waals surface area contributed by atoms with Gasteiger partial charge in [0.2, 0.25) is 0 Å². The average Bonchev–Trinajstić information content (AvgIpc) is 2.97. The number of carboxylic acid groups (broad SMARTS) is 1. The number of benzene rings is 3. The fourth-order valence-corrected chi connectivity index (χ4v) is 6.77. The molecule has 44 heavy (non-hydrogen) atoms. The van der Waals surface area contributed by atoms with Crippen LogP contribution in [0, 0.1) is 31.6 Å². The van der Waals surface area contributed by atoms with Crippen LogP contribution in [0.15, 0.2) is 54.6 Å². The van der Waals surface area contributed by atoms with Gasteiger partial charge in [-0.3, -0.25) is 4.79 Å². The largest absolute Gasteiger partial charge is 0.480 e. The van der Waals surface area contributed by atoms with Gasteiger partial charge in [0.15, 0.2) is 0 Å². The molecule has 3 aromatic rings. The van der Waals surface area contributed by atoms with Crippen LogP contribution in [0.4, 0.5) is 16.2 Å². The van der Waals surface area contributed by atoms with Crippen LogP contribution in [0.5, 0.6) is 0 Å². The maximum Gasteiger partial charge on any atom is 0.326 e. The number of aliphatic hydroxyl groups excluding tert-OH is 1. The lowest BCUT2D eigenvalue weighted by Gasteiger charge is -2.51. The molecule has 0 unspecified atom stereocenters. The summed E-state index contributed by atoms with van der Waals surface area (Å²) in [6, 6.07) is 14.8. The van der Waals surface area contributed by atoms with Gasteiger partial charge in [0, 0.05) is 11.1 Å². The minimum Gasteiger partial charge on any atom is -0.480 e. The fourth-order valence-electron chi connectivity index (χ4n) is 6.77. The van der Waals surface area contributed by atoms with Crippen molar-refractivity contribution < 1.29 is 24.6 Å². The van der Waals surface area contributed by atoms with Crippen molar-refractivity contribution in [3.05, 3.63) is 82.4 Å². The Bertz CT molecular complexity index is 1510. The molecule has 8 heteroatoms. The summed E-state index contributed by atoms with van der Waals surface area (Å²) in [5, 5.41) is 28.5. The lowest BCUT2D eigenvalue weighted by molar-refractivity contribution is -0.148. The lowest BCUT2D eigenvalue weighted by atomic mass is 9.55. The Morgan fingerprint density at radius 1 is 0.841 bits per heavy atom. The Morgan fingerprint density at radius 2 is 1.43 bits per heavy atom. The first-order valence-electron chi connectivity index (χ1n) is 15.3. The number of urea groups is 1. The molecular formula is C36H45N3O5. The van der Waals surface area contributed by atoms with E-state index in [4.69, 9.17) is 0 Å². The number of aliphatic carboxylic acids is 1. The van der Waals surface area contributed by atoms with Gasteiger partial charge >= 0.3 is 12.0 Å². The van der Waals surface area contributed by atoms with E-state index in [1.807, 2.05) is 77.9 Å². The van der Waals surface area contributed by atoms with Crippen molar-refractivity contribution in [2.75, 3.05) is 10.6 Å². The third kappa shape index (κ3) is 6.97. The first kappa shape index (κ1) is 32.7. The SMILES string of the molecule is Cc1cc(C)c(NC(=O)Nc2cc(-c3ccc(CO)cc3)ccc2C(=O)N[C@H](C(=O)O)C2(C(C)(C)C)CCCCC2)c(C)c1. The summed E-state index contributed by atoms with van der Waals surface area (Å²) in [6.45, 7) is 11.9. The molecule has 1 fully saturated rings. The second-order valence-electron chi connectivity index (χ2n) is 13.2. The van der Waals surface area contributed by atoms with Crippen LogP contribution in [-0.4, -0.2) is 34.2 Å². The van der Waals surface area contributed by atoms with Crippen LogP contribution < -0.4 is 16.0 Å². The third-order valence-electron chi connectivity index (χ3n) is 9.21. The lowest BCUT2D eigenvalue weighted by Crippen LogP contribution is -2.58. The van der Waals surface area contributed by atoms with Gasteiger partial charge in [0.05, 0.1) is 17.9 Å². The third-order valence-corrected chi connectivity index (χ3v) is 9.21. The monoisotopic (exact) mass is 599 g/mol. The Morgan fingerprint density at radius 3 is 1.98 bits per heavy atom. The maximum atomic E-state index is 13.9. The first-order valence-corrected chi connectivity index (χ1v) is 15.3. The highest BCUT2D eigenvalue weighted by molar-refractivity contribution is 6.08. The number of hydrogen-bond donors (Lipinski definition) is 5. The number of aryl methyl sites for hydroxylation is 3. The number of carbonyl (C=O) groups is 3. The molecule has 0 saturated heterocycles. The molecule has 0 spiro atoms. The first-order chi connectivity index (χ1) is 20.8. The maximum absolute atomic E-state index is 13.9. The predicted molar refractivity (Wildman–Crippen MR) is 175 cm³/mol. The Hall–Kier alpha value is -4.17. The minimum atomic E-state index is -1.10. The Balaban J connectivity index is 1.71. The molecular weight excluding hydrogens is 554 g/mol. The van der Waals surface area contributed by atoms with E-state index in [-0.39, 0.29) is 23.3 Å². The van der Waals surface area contributed by atoms with E-state index >= 15 is 0 Å². The van der Waals surface area contributed by atoms with Crippen molar-refractivity contribution in [3.63, 3.8) is 0 Å². The number of aliphatic hydroxyl groups is 1. The average molecular weight is 600 g/mol. The van der Waals surface area contributed by atoms with Crippen molar-refractivity contribution >= 4 is 29.3 Å². The molecule has 3 aromatic carbocycles. The van der Waals surface area contributed by atoms with E-state index in [2.05, 4.69) is 16.0 Å². The minimum absolute atomic E-state index is 0.0784. The van der Waals surface area contributed by atoms with Gasteiger partial charge in [-0.15, -0.1) is 0 Å². The fraction of sp³-hybridized carbons (Fsp3) is 0.417. The van der Waals surface area contributed by atoms with Gasteiger partial charge in [-0.05, 0) is 79.0 Å². The number of anilines is 2. The molecule has 1 aliphatic rings. The standard InChI is InChI=1S/C36H45N3O5/c1-22-18-23(2)30(24(3)19-22)38-34(44)37-29-20-27(26-12-10-25(21-40)11-13-26)14-15-28(29)32(41)39-31(33(42)43)36(35(4,5)6)16-8-7-9-17-36/h10-15,18-20,31,40H,7-9,16-17,21H2,1-6H3,(H,39,41)(H,42,43)(H2,37,38,44)/t31-/m1/s1. The molecule has 1 atom stereocenters. The Labute approximate surface area is 260 Å². The smallest absolute Gasteiger partial charge is 0.326 e. The van der Waals surface area contributed by atoms with Gasteiger partial charge < -0.3 is 26.2 Å². The van der Waals surface area contributed by atoms with Crippen molar-refractivity contribution in [2.24, 2.45) is 10.8 Å². The number of amides is 3. The van der Waals surface area contributed by atoms with Gasteiger partial charge in [-0.25, -0.2) is 9.59 Å². The zero-order valence-corrected chi connectivity index (χ0v) is 26.6. The number of carboxylic acids is 1. The van der Waals surface area contributed by atoms with Crippen LogP contribution in [-0.2, 0) is 11.4 Å². The molecule has 8 nitrogen and oxygen atoms in total. The number of hydrogen-bond acceptors (Lipinski definition) is 4. The summed E-state index contributed by atoms with van der Waals surface area (Å²) in [5.41, 5.74) is 5.39. The summed E-state index contributed by atoms with van der Waals surface area (Å²) in [4.78, 5) is 40.0. The molecule has 234 valence electrons. The summed E-state index contributed by atoms with van der Waals surface area (Å²) < 4.78 is 0. The van der Waals surface area contributed by atoms with Gasteiger partial charge in [-0.2, -0.15) is 0 Å². The molecule has 0 radical (unpaired) electrons. The second kappa shape index (κ2) is 13.2. The molecule has 0 aliphatic heterocycles. The highest BCUT2D eigenvalue weighted by Gasteiger charge is 2.52. The normalized spacial score (nSPS) is 15.2. The number of rotatable bonds is 8. The molecule has 3 amide bonds. The van der Waals surface area contributed by atoms with Gasteiger partial charge in [-0.1, -0.05) is 88.1 Å². The van der Waals surface area contributed by atoms with Gasteiger partial charge in [0.25, 0.3) is 5.91 Å². The highest BCUT2D eigenvalue weighted by atomic mass is 16.4. The van der Waals surface area contributed by atoms with Gasteiger partial charge in [0.1, 0.15) is 6.04 Å². The summed E-state index contributed by atoms with van der Waals surface area (Å²) >= 11 is 0. The molecule has 0 bridgehead atoms. The van der Waals surface area contributed by atoms with E-state index in [0.29, 0.717) is 18.5 Å². The molecule has 1 saturated carbocycles. The molecule has 0 heterocycles. The Kier molecular flexibility index (Phi) is 9.84. The zero-order chi connectivity index (χ0) is 32.2. The van der Waals surface area contributed by atoms with Crippen molar-refractivity contribution in [2.45, 2.75) is 86.3 Å². The van der Waals surface area contributed by atoms with Crippen molar-refractivity contribution in [1.82, 2.24) is 5.32 Å². The molecule has 0 aromatic heterocycles. The van der Waals surface area contributed by atoms with E-state index in [0.717, 1.165) is 52.6 Å². The van der Waals surface area contributed by atoms with E-state index in [9.17, 15) is 24.6 Å².